The Hall–Kier alpha value is -1.30. The number of alkyl halides is 3. The average Bonchev–Trinajstić information content (AvgIpc) is 2.25. The predicted molar refractivity (Wildman–Crippen MR) is 58.7 cm³/mol. The number of carbonyl (C=O) groups is 1. The topological polar surface area (TPSA) is 26.3 Å². The van der Waals surface area contributed by atoms with Crippen molar-refractivity contribution in [3.8, 4) is 5.75 Å². The first-order valence-electron chi connectivity index (χ1n) is 4.61. The quantitative estimate of drug-likeness (QED) is 0.744. The summed E-state index contributed by atoms with van der Waals surface area (Å²) in [6, 6.07) is 4.59. The predicted octanol–water partition coefficient (Wildman–Crippen LogP) is 3.35. The fraction of sp³-hybridized carbons (Fsp3) is 0.182. The zero-order chi connectivity index (χ0) is 12.6. The molecule has 0 N–H and O–H groups in total. The summed E-state index contributed by atoms with van der Waals surface area (Å²) < 4.78 is 43.4. The number of aldehydes is 1. The van der Waals surface area contributed by atoms with Crippen molar-refractivity contribution >= 4 is 28.3 Å². The van der Waals surface area contributed by atoms with Gasteiger partial charge in [-0.05, 0) is 24.3 Å². The molecule has 0 aromatic heterocycles. The van der Waals surface area contributed by atoms with E-state index < -0.39 is 17.9 Å². The van der Waals surface area contributed by atoms with E-state index in [4.69, 9.17) is 4.74 Å². The van der Waals surface area contributed by atoms with Crippen molar-refractivity contribution in [2.45, 2.75) is 12.3 Å². The van der Waals surface area contributed by atoms with Gasteiger partial charge in [0.05, 0.1) is 0 Å². The van der Waals surface area contributed by atoms with Crippen molar-refractivity contribution in [2.24, 2.45) is 0 Å². The van der Waals surface area contributed by atoms with Crippen LogP contribution < -0.4 is 4.74 Å². The summed E-state index contributed by atoms with van der Waals surface area (Å²) in [7, 11) is 0. The SMILES string of the molecule is O=CC1=Cc2cc(Br)ccc2O[C@@H]1C(F)(F)F. The molecule has 2 rings (SSSR count). The van der Waals surface area contributed by atoms with Gasteiger partial charge >= 0.3 is 6.18 Å². The number of fused-ring (bicyclic) bond motifs is 1. The molecule has 0 amide bonds. The molecule has 90 valence electrons. The number of halogens is 4. The lowest BCUT2D eigenvalue weighted by Gasteiger charge is -2.26. The Morgan fingerprint density at radius 3 is 2.65 bits per heavy atom. The molecule has 0 radical (unpaired) electrons. The fourth-order valence-electron chi connectivity index (χ4n) is 1.54. The Balaban J connectivity index is 2.49. The van der Waals surface area contributed by atoms with Gasteiger partial charge in [0.1, 0.15) is 12.0 Å². The lowest BCUT2D eigenvalue weighted by atomic mass is 10.0. The van der Waals surface area contributed by atoms with E-state index in [1.165, 1.54) is 12.1 Å². The maximum absolute atomic E-state index is 12.6. The highest BCUT2D eigenvalue weighted by Gasteiger charge is 2.46. The van der Waals surface area contributed by atoms with Crippen molar-refractivity contribution in [1.29, 1.82) is 0 Å². The van der Waals surface area contributed by atoms with E-state index in [1.807, 2.05) is 0 Å². The maximum atomic E-state index is 12.6. The summed E-state index contributed by atoms with van der Waals surface area (Å²) >= 11 is 3.19. The number of rotatable bonds is 1. The van der Waals surface area contributed by atoms with E-state index in [1.54, 1.807) is 12.1 Å². The molecule has 1 aliphatic rings. The zero-order valence-corrected chi connectivity index (χ0v) is 9.88. The lowest BCUT2D eigenvalue weighted by molar-refractivity contribution is -0.184. The summed E-state index contributed by atoms with van der Waals surface area (Å²) in [6.45, 7) is 0. The normalized spacial score (nSPS) is 19.1. The molecule has 6 heteroatoms. The van der Waals surface area contributed by atoms with Gasteiger partial charge in [-0.1, -0.05) is 15.9 Å². The smallest absolute Gasteiger partial charge is 0.429 e. The largest absolute Gasteiger partial charge is 0.475 e. The first-order valence-corrected chi connectivity index (χ1v) is 5.41. The van der Waals surface area contributed by atoms with E-state index in [0.717, 1.165) is 0 Å². The van der Waals surface area contributed by atoms with E-state index in [-0.39, 0.29) is 12.0 Å². The number of ether oxygens (including phenoxy) is 1. The van der Waals surface area contributed by atoms with Gasteiger partial charge in [-0.25, -0.2) is 0 Å². The molecule has 1 heterocycles. The second-order valence-corrected chi connectivity index (χ2v) is 4.40. The van der Waals surface area contributed by atoms with Crippen molar-refractivity contribution in [3.63, 3.8) is 0 Å². The average molecular weight is 307 g/mol. The monoisotopic (exact) mass is 306 g/mol. The molecule has 0 bridgehead atoms. The molecule has 17 heavy (non-hydrogen) atoms. The molecule has 0 fully saturated rings. The van der Waals surface area contributed by atoms with Crippen LogP contribution in [0.2, 0.25) is 0 Å². The summed E-state index contributed by atoms with van der Waals surface area (Å²) in [4.78, 5) is 10.7. The molecular formula is C11H6BrF3O2. The van der Waals surface area contributed by atoms with Gasteiger partial charge in [0.15, 0.2) is 0 Å². The first kappa shape index (κ1) is 12.2. The Morgan fingerprint density at radius 2 is 2.06 bits per heavy atom. The molecule has 0 saturated carbocycles. The Kier molecular flexibility index (Phi) is 2.99. The number of carbonyl (C=O) groups excluding carboxylic acids is 1. The van der Waals surface area contributed by atoms with Crippen LogP contribution >= 0.6 is 15.9 Å². The van der Waals surface area contributed by atoms with Crippen LogP contribution in [0.4, 0.5) is 13.2 Å². The Bertz CT molecular complexity index is 494. The maximum Gasteiger partial charge on any atom is 0.429 e. The van der Waals surface area contributed by atoms with E-state index in [2.05, 4.69) is 15.9 Å². The van der Waals surface area contributed by atoms with Gasteiger partial charge in [0.2, 0.25) is 6.10 Å². The Labute approximate surface area is 103 Å². The van der Waals surface area contributed by atoms with Crippen molar-refractivity contribution in [2.75, 3.05) is 0 Å². The van der Waals surface area contributed by atoms with Gasteiger partial charge in [0, 0.05) is 15.6 Å². The second kappa shape index (κ2) is 4.18. The van der Waals surface area contributed by atoms with Crippen LogP contribution in [0, 0.1) is 0 Å². The Morgan fingerprint density at radius 1 is 1.35 bits per heavy atom. The second-order valence-electron chi connectivity index (χ2n) is 3.48. The van der Waals surface area contributed by atoms with Crippen LogP contribution in [0.25, 0.3) is 6.08 Å². The molecule has 0 unspecified atom stereocenters. The van der Waals surface area contributed by atoms with Crippen LogP contribution in [-0.2, 0) is 4.79 Å². The van der Waals surface area contributed by atoms with E-state index >= 15 is 0 Å². The van der Waals surface area contributed by atoms with Crippen LogP contribution in [0.5, 0.6) is 5.75 Å². The minimum atomic E-state index is -4.60. The highest BCUT2D eigenvalue weighted by Crippen LogP contribution is 2.37. The molecule has 0 aliphatic carbocycles. The molecule has 0 spiro atoms. The van der Waals surface area contributed by atoms with E-state index in [0.29, 0.717) is 10.0 Å². The number of benzene rings is 1. The molecular weight excluding hydrogens is 301 g/mol. The van der Waals surface area contributed by atoms with Gasteiger partial charge < -0.3 is 4.74 Å². The third kappa shape index (κ3) is 2.36. The highest BCUT2D eigenvalue weighted by molar-refractivity contribution is 9.10. The summed E-state index contributed by atoms with van der Waals surface area (Å²) in [5, 5.41) is 0. The third-order valence-electron chi connectivity index (χ3n) is 2.27. The number of hydrogen-bond acceptors (Lipinski definition) is 2. The minimum absolute atomic E-state index is 0.112. The van der Waals surface area contributed by atoms with Gasteiger partial charge in [-0.15, -0.1) is 0 Å². The molecule has 1 aromatic carbocycles. The summed E-state index contributed by atoms with van der Waals surface area (Å²) in [5.74, 6) is 0.112. The summed E-state index contributed by atoms with van der Waals surface area (Å²) in [6.07, 6.45) is -5.43. The van der Waals surface area contributed by atoms with Crippen LogP contribution in [0.3, 0.4) is 0 Å². The zero-order valence-electron chi connectivity index (χ0n) is 8.29. The molecule has 2 nitrogen and oxygen atoms in total. The van der Waals surface area contributed by atoms with Crippen LogP contribution in [0.15, 0.2) is 28.2 Å². The van der Waals surface area contributed by atoms with Crippen LogP contribution in [-0.4, -0.2) is 18.6 Å². The highest BCUT2D eigenvalue weighted by atomic mass is 79.9. The standard InChI is InChI=1S/C11H6BrF3O2/c12-8-1-2-9-6(4-8)3-7(5-16)10(17-9)11(13,14)15/h1-5,10H/t10-/m0/s1. The first-order chi connectivity index (χ1) is 7.91. The molecule has 0 saturated heterocycles. The number of hydrogen-bond donors (Lipinski definition) is 0. The molecule has 1 aliphatic heterocycles. The molecule has 1 aromatic rings. The van der Waals surface area contributed by atoms with E-state index in [9.17, 15) is 18.0 Å². The van der Waals surface area contributed by atoms with Crippen molar-refractivity contribution in [3.05, 3.63) is 33.8 Å². The van der Waals surface area contributed by atoms with Gasteiger partial charge in [-0.3, -0.25) is 4.79 Å². The molecule has 1 atom stereocenters. The summed E-state index contributed by atoms with van der Waals surface area (Å²) in [5.41, 5.74) is 0.0186. The van der Waals surface area contributed by atoms with Gasteiger partial charge in [-0.2, -0.15) is 13.2 Å². The van der Waals surface area contributed by atoms with Crippen molar-refractivity contribution < 1.29 is 22.7 Å². The third-order valence-corrected chi connectivity index (χ3v) is 2.77. The van der Waals surface area contributed by atoms with Crippen molar-refractivity contribution in [1.82, 2.24) is 0 Å². The van der Waals surface area contributed by atoms with Crippen LogP contribution in [0.1, 0.15) is 5.56 Å². The van der Waals surface area contributed by atoms with Gasteiger partial charge in [0.25, 0.3) is 0 Å². The fourth-order valence-corrected chi connectivity index (χ4v) is 1.92. The minimum Gasteiger partial charge on any atom is -0.475 e. The lowest BCUT2D eigenvalue weighted by Crippen LogP contribution is -2.38.